The second-order valence-corrected chi connectivity index (χ2v) is 7.74. The van der Waals surface area contributed by atoms with Gasteiger partial charge in [0.25, 0.3) is 0 Å². The highest BCUT2D eigenvalue weighted by Crippen LogP contribution is 2.20. The maximum Gasteiger partial charge on any atom is 0.243 e. The van der Waals surface area contributed by atoms with Gasteiger partial charge >= 0.3 is 0 Å². The van der Waals surface area contributed by atoms with Crippen LogP contribution in [0.4, 0.5) is 10.1 Å². The quantitative estimate of drug-likeness (QED) is 0.829. The number of hydrogen-bond donors (Lipinski definition) is 1. The van der Waals surface area contributed by atoms with Crippen LogP contribution in [-0.4, -0.2) is 31.7 Å². The van der Waals surface area contributed by atoms with Crippen LogP contribution in [-0.2, 0) is 14.8 Å². The smallest absolute Gasteiger partial charge is 0.243 e. The van der Waals surface area contributed by atoms with Gasteiger partial charge in [-0.3, -0.25) is 4.79 Å². The summed E-state index contributed by atoms with van der Waals surface area (Å²) in [6.45, 7) is 3.20. The molecule has 0 aliphatic heterocycles. The van der Waals surface area contributed by atoms with Crippen molar-refractivity contribution in [2.45, 2.75) is 18.7 Å². The number of nitrogens with zero attached hydrogens (tertiary/aromatic N) is 1. The molecule has 134 valence electrons. The summed E-state index contributed by atoms with van der Waals surface area (Å²) >= 11 is 6.01. The van der Waals surface area contributed by atoms with Gasteiger partial charge in [-0.15, -0.1) is 0 Å². The van der Waals surface area contributed by atoms with Crippen molar-refractivity contribution in [3.05, 3.63) is 58.9 Å². The number of likely N-dealkylation sites (N-methyl/N-ethyl adjacent to an activating group) is 1. The molecule has 25 heavy (non-hydrogen) atoms. The van der Waals surface area contributed by atoms with Crippen molar-refractivity contribution < 1.29 is 17.6 Å². The first kappa shape index (κ1) is 19.4. The van der Waals surface area contributed by atoms with Crippen LogP contribution in [0.5, 0.6) is 0 Å². The topological polar surface area (TPSA) is 66.5 Å². The van der Waals surface area contributed by atoms with Crippen molar-refractivity contribution in [3.8, 4) is 0 Å². The first-order valence-corrected chi connectivity index (χ1v) is 9.37. The minimum Gasteiger partial charge on any atom is -0.325 e. The SMILES string of the molecule is CCN(CC(=O)Nc1ccc(C)c(Cl)c1)S(=O)(=O)c1ccc(F)cc1. The Labute approximate surface area is 151 Å². The molecule has 0 aliphatic rings. The first-order chi connectivity index (χ1) is 11.7. The van der Waals surface area contributed by atoms with Gasteiger partial charge in [-0.05, 0) is 48.9 Å². The van der Waals surface area contributed by atoms with Gasteiger partial charge in [-0.1, -0.05) is 24.6 Å². The average Bonchev–Trinajstić information content (AvgIpc) is 2.56. The van der Waals surface area contributed by atoms with Gasteiger partial charge < -0.3 is 5.32 Å². The van der Waals surface area contributed by atoms with Crippen molar-refractivity contribution in [3.63, 3.8) is 0 Å². The van der Waals surface area contributed by atoms with E-state index in [2.05, 4.69) is 5.32 Å². The van der Waals surface area contributed by atoms with Crippen LogP contribution < -0.4 is 5.32 Å². The van der Waals surface area contributed by atoms with Gasteiger partial charge in [-0.2, -0.15) is 4.31 Å². The monoisotopic (exact) mass is 384 g/mol. The number of carbonyl (C=O) groups excluding carboxylic acids is 1. The lowest BCUT2D eigenvalue weighted by Crippen LogP contribution is -2.37. The molecular formula is C17H18ClFN2O3S. The maximum atomic E-state index is 13.0. The molecule has 5 nitrogen and oxygen atoms in total. The summed E-state index contributed by atoms with van der Waals surface area (Å²) < 4.78 is 39.1. The molecule has 0 radical (unpaired) electrons. The number of rotatable bonds is 6. The Bertz CT molecular complexity index is 870. The predicted octanol–water partition coefficient (Wildman–Crippen LogP) is 3.44. The molecule has 0 aliphatic carbocycles. The fourth-order valence-corrected chi connectivity index (χ4v) is 3.74. The van der Waals surface area contributed by atoms with E-state index in [1.165, 1.54) is 12.1 Å². The van der Waals surface area contributed by atoms with Crippen LogP contribution in [0.25, 0.3) is 0 Å². The standard InChI is InChI=1S/C17H18ClFN2O3S/c1-3-21(25(23,24)15-8-5-13(19)6-9-15)11-17(22)20-14-7-4-12(2)16(18)10-14/h4-10H,3,11H2,1-2H3,(H,20,22). The van der Waals surface area contributed by atoms with E-state index in [-0.39, 0.29) is 18.0 Å². The minimum absolute atomic E-state index is 0.0677. The number of sulfonamides is 1. The van der Waals surface area contributed by atoms with E-state index in [4.69, 9.17) is 11.6 Å². The third kappa shape index (κ3) is 4.78. The Balaban J connectivity index is 2.13. The van der Waals surface area contributed by atoms with E-state index in [1.807, 2.05) is 6.92 Å². The van der Waals surface area contributed by atoms with Crippen LogP contribution in [0.3, 0.4) is 0 Å². The second-order valence-electron chi connectivity index (χ2n) is 5.40. The third-order valence-corrected chi connectivity index (χ3v) is 5.92. The Morgan fingerprint density at radius 1 is 1.20 bits per heavy atom. The van der Waals surface area contributed by atoms with Crippen LogP contribution in [0.1, 0.15) is 12.5 Å². The van der Waals surface area contributed by atoms with Crippen LogP contribution in [0.15, 0.2) is 47.4 Å². The van der Waals surface area contributed by atoms with Crippen molar-refractivity contribution in [2.24, 2.45) is 0 Å². The highest BCUT2D eigenvalue weighted by molar-refractivity contribution is 7.89. The minimum atomic E-state index is -3.89. The van der Waals surface area contributed by atoms with E-state index in [9.17, 15) is 17.6 Å². The molecule has 0 aromatic heterocycles. The largest absolute Gasteiger partial charge is 0.325 e. The van der Waals surface area contributed by atoms with Crippen molar-refractivity contribution in [2.75, 3.05) is 18.4 Å². The van der Waals surface area contributed by atoms with Crippen LogP contribution >= 0.6 is 11.6 Å². The molecule has 1 N–H and O–H groups in total. The first-order valence-electron chi connectivity index (χ1n) is 7.55. The van der Waals surface area contributed by atoms with Crippen molar-refractivity contribution in [1.82, 2.24) is 4.31 Å². The summed E-state index contributed by atoms with van der Waals surface area (Å²) in [4.78, 5) is 12.1. The normalized spacial score (nSPS) is 11.6. The number of anilines is 1. The fourth-order valence-electron chi connectivity index (χ4n) is 2.15. The molecule has 8 heteroatoms. The molecule has 0 saturated carbocycles. The number of hydrogen-bond acceptors (Lipinski definition) is 3. The molecule has 2 aromatic rings. The highest BCUT2D eigenvalue weighted by Gasteiger charge is 2.25. The van der Waals surface area contributed by atoms with Gasteiger partial charge in [0.05, 0.1) is 11.4 Å². The van der Waals surface area contributed by atoms with Crippen molar-refractivity contribution in [1.29, 1.82) is 0 Å². The summed E-state index contributed by atoms with van der Waals surface area (Å²) in [5.41, 5.74) is 1.35. The highest BCUT2D eigenvalue weighted by atomic mass is 35.5. The van der Waals surface area contributed by atoms with Gasteiger partial charge in [-0.25, -0.2) is 12.8 Å². The number of halogens is 2. The number of amides is 1. The molecule has 0 atom stereocenters. The fraction of sp³-hybridized carbons (Fsp3) is 0.235. The molecule has 1 amide bonds. The molecule has 0 spiro atoms. The Kier molecular flexibility index (Phi) is 6.16. The van der Waals surface area contributed by atoms with Crippen LogP contribution in [0, 0.1) is 12.7 Å². The van der Waals surface area contributed by atoms with E-state index >= 15 is 0 Å². The average molecular weight is 385 g/mol. The zero-order chi connectivity index (χ0) is 18.6. The molecule has 0 bridgehead atoms. The lowest BCUT2D eigenvalue weighted by Gasteiger charge is -2.20. The number of carbonyl (C=O) groups is 1. The zero-order valence-corrected chi connectivity index (χ0v) is 15.4. The maximum absolute atomic E-state index is 13.0. The summed E-state index contributed by atoms with van der Waals surface area (Å²) in [7, 11) is -3.89. The molecule has 0 unspecified atom stereocenters. The molecule has 0 heterocycles. The number of aryl methyl sites for hydroxylation is 1. The summed E-state index contributed by atoms with van der Waals surface area (Å²) in [5, 5.41) is 3.12. The lowest BCUT2D eigenvalue weighted by atomic mass is 10.2. The number of benzene rings is 2. The van der Waals surface area contributed by atoms with Gasteiger partial charge in [0, 0.05) is 17.3 Å². The molecule has 2 aromatic carbocycles. The summed E-state index contributed by atoms with van der Waals surface area (Å²) in [6.07, 6.45) is 0. The molecule has 0 saturated heterocycles. The van der Waals surface area contributed by atoms with E-state index < -0.39 is 21.7 Å². The van der Waals surface area contributed by atoms with E-state index in [1.54, 1.807) is 25.1 Å². The number of nitrogens with one attached hydrogen (secondary N) is 1. The van der Waals surface area contributed by atoms with E-state index in [0.29, 0.717) is 10.7 Å². The van der Waals surface area contributed by atoms with Crippen LogP contribution in [0.2, 0.25) is 5.02 Å². The molecule has 2 rings (SSSR count). The molecule has 0 fully saturated rings. The Morgan fingerprint density at radius 2 is 1.84 bits per heavy atom. The third-order valence-electron chi connectivity index (χ3n) is 3.58. The van der Waals surface area contributed by atoms with Gasteiger partial charge in [0.15, 0.2) is 0 Å². The summed E-state index contributed by atoms with van der Waals surface area (Å²) in [6, 6.07) is 9.51. The zero-order valence-electron chi connectivity index (χ0n) is 13.8. The van der Waals surface area contributed by atoms with Crippen molar-refractivity contribution >= 4 is 33.2 Å². The van der Waals surface area contributed by atoms with Gasteiger partial charge in [0.1, 0.15) is 5.82 Å². The Hall–Kier alpha value is -1.96. The molecular weight excluding hydrogens is 367 g/mol. The summed E-state index contributed by atoms with van der Waals surface area (Å²) in [5.74, 6) is -1.02. The predicted molar refractivity (Wildman–Crippen MR) is 95.7 cm³/mol. The van der Waals surface area contributed by atoms with Gasteiger partial charge in [0.2, 0.25) is 15.9 Å². The lowest BCUT2D eigenvalue weighted by molar-refractivity contribution is -0.116. The second kappa shape index (κ2) is 7.95. The Morgan fingerprint density at radius 3 is 2.40 bits per heavy atom. The van der Waals surface area contributed by atoms with E-state index in [0.717, 1.165) is 22.0 Å².